The summed E-state index contributed by atoms with van der Waals surface area (Å²) in [4.78, 5) is 3.78. The number of ether oxygens (including phenoxy) is 1. The third-order valence-corrected chi connectivity index (χ3v) is 3.57. The highest BCUT2D eigenvalue weighted by Crippen LogP contribution is 2.15. The van der Waals surface area contributed by atoms with Gasteiger partial charge in [0.1, 0.15) is 0 Å². The Hall–Kier alpha value is -1.14. The van der Waals surface area contributed by atoms with Crippen LogP contribution < -0.4 is 5.73 Å². The minimum Gasteiger partial charge on any atom is -0.396 e. The first-order valence-corrected chi connectivity index (χ1v) is 6.74. The van der Waals surface area contributed by atoms with Crippen LogP contribution in [0.5, 0.6) is 0 Å². The van der Waals surface area contributed by atoms with Gasteiger partial charge in [-0.2, -0.15) is 0 Å². The molecule has 1 aromatic heterocycles. The van der Waals surface area contributed by atoms with Crippen molar-refractivity contribution in [3.8, 4) is 0 Å². The van der Waals surface area contributed by atoms with E-state index in [4.69, 9.17) is 10.5 Å². The Morgan fingerprint density at radius 2 is 2.19 bits per heavy atom. The third-order valence-electron chi connectivity index (χ3n) is 1.94. The van der Waals surface area contributed by atoms with Crippen molar-refractivity contribution in [3.63, 3.8) is 0 Å². The van der Waals surface area contributed by atoms with Crippen molar-refractivity contribution < 1.29 is 13.2 Å². The van der Waals surface area contributed by atoms with Crippen LogP contribution in [0.25, 0.3) is 0 Å². The number of anilines is 1. The Morgan fingerprint density at radius 3 is 2.81 bits per heavy atom. The molecular weight excluding hydrogens is 228 g/mol. The van der Waals surface area contributed by atoms with E-state index in [-0.39, 0.29) is 23.1 Å². The molecule has 0 saturated heterocycles. The molecule has 0 aliphatic carbocycles. The SMILES string of the molecule is CCCOCCS(=O)(=O)c1ncccc1N. The quantitative estimate of drug-likeness (QED) is 0.751. The van der Waals surface area contributed by atoms with E-state index in [1.807, 2.05) is 6.92 Å². The van der Waals surface area contributed by atoms with Crippen LogP contribution in [0.4, 0.5) is 5.69 Å². The zero-order valence-corrected chi connectivity index (χ0v) is 10.0. The number of rotatable bonds is 6. The summed E-state index contributed by atoms with van der Waals surface area (Å²) in [5, 5.41) is -0.0601. The lowest BCUT2D eigenvalue weighted by Gasteiger charge is -2.06. The highest BCUT2D eigenvalue weighted by Gasteiger charge is 2.18. The molecule has 2 N–H and O–H groups in total. The van der Waals surface area contributed by atoms with Gasteiger partial charge in [0.25, 0.3) is 0 Å². The maximum atomic E-state index is 11.8. The Balaban J connectivity index is 2.68. The van der Waals surface area contributed by atoms with Crippen molar-refractivity contribution in [2.75, 3.05) is 24.7 Å². The number of pyridine rings is 1. The first-order chi connectivity index (χ1) is 7.58. The molecule has 1 rings (SSSR count). The molecule has 0 saturated carbocycles. The van der Waals surface area contributed by atoms with E-state index in [0.717, 1.165) is 6.42 Å². The van der Waals surface area contributed by atoms with E-state index in [1.165, 1.54) is 12.3 Å². The van der Waals surface area contributed by atoms with E-state index >= 15 is 0 Å². The Morgan fingerprint density at radius 1 is 1.44 bits per heavy atom. The third kappa shape index (κ3) is 3.46. The Bertz CT molecular complexity index is 431. The minimum absolute atomic E-state index is 0.0601. The second-order valence-corrected chi connectivity index (χ2v) is 5.35. The number of nitrogens with two attached hydrogens (primary N) is 1. The minimum atomic E-state index is -3.43. The fraction of sp³-hybridized carbons (Fsp3) is 0.500. The summed E-state index contributed by atoms with van der Waals surface area (Å²) < 4.78 is 28.7. The summed E-state index contributed by atoms with van der Waals surface area (Å²) in [6.45, 7) is 2.70. The molecule has 6 heteroatoms. The second-order valence-electron chi connectivity index (χ2n) is 3.33. The second kappa shape index (κ2) is 5.81. The van der Waals surface area contributed by atoms with E-state index in [9.17, 15) is 8.42 Å². The van der Waals surface area contributed by atoms with E-state index < -0.39 is 9.84 Å². The molecule has 0 unspecified atom stereocenters. The lowest BCUT2D eigenvalue weighted by Crippen LogP contribution is -2.15. The lowest BCUT2D eigenvalue weighted by atomic mass is 10.4. The molecule has 0 fully saturated rings. The van der Waals surface area contributed by atoms with Gasteiger partial charge in [-0.25, -0.2) is 13.4 Å². The molecule has 1 heterocycles. The molecule has 90 valence electrons. The van der Waals surface area contributed by atoms with E-state index in [0.29, 0.717) is 6.61 Å². The monoisotopic (exact) mass is 244 g/mol. The van der Waals surface area contributed by atoms with Crippen LogP contribution in [-0.4, -0.2) is 32.4 Å². The van der Waals surface area contributed by atoms with Gasteiger partial charge in [-0.05, 0) is 18.6 Å². The zero-order chi connectivity index (χ0) is 12.0. The summed E-state index contributed by atoms with van der Waals surface area (Å²) >= 11 is 0. The summed E-state index contributed by atoms with van der Waals surface area (Å²) in [6, 6.07) is 3.12. The largest absolute Gasteiger partial charge is 0.396 e. The Kier molecular flexibility index (Phi) is 4.70. The van der Waals surface area contributed by atoms with Gasteiger partial charge < -0.3 is 10.5 Å². The fourth-order valence-electron chi connectivity index (χ4n) is 1.17. The fourth-order valence-corrected chi connectivity index (χ4v) is 2.35. The summed E-state index contributed by atoms with van der Waals surface area (Å²) in [6.07, 6.45) is 2.28. The van der Waals surface area contributed by atoms with Crippen LogP contribution in [0.15, 0.2) is 23.4 Å². The van der Waals surface area contributed by atoms with Crippen LogP contribution >= 0.6 is 0 Å². The van der Waals surface area contributed by atoms with Crippen LogP contribution in [0.1, 0.15) is 13.3 Å². The molecule has 0 aliphatic heterocycles. The molecule has 16 heavy (non-hydrogen) atoms. The smallest absolute Gasteiger partial charge is 0.199 e. The van der Waals surface area contributed by atoms with Crippen molar-refractivity contribution >= 4 is 15.5 Å². The molecule has 0 atom stereocenters. The van der Waals surface area contributed by atoms with Crippen LogP contribution in [0.3, 0.4) is 0 Å². The standard InChI is InChI=1S/C10H16N2O3S/c1-2-6-15-7-8-16(13,14)10-9(11)4-3-5-12-10/h3-5H,2,6-8,11H2,1H3. The number of aromatic nitrogens is 1. The van der Waals surface area contributed by atoms with Gasteiger partial charge in [0, 0.05) is 12.8 Å². The first kappa shape index (κ1) is 12.9. The highest BCUT2D eigenvalue weighted by molar-refractivity contribution is 7.91. The molecule has 1 aromatic rings. The Labute approximate surface area is 95.6 Å². The molecule has 0 radical (unpaired) electrons. The van der Waals surface area contributed by atoms with Gasteiger partial charge >= 0.3 is 0 Å². The molecule has 0 amide bonds. The number of nitrogens with zero attached hydrogens (tertiary/aromatic N) is 1. The van der Waals surface area contributed by atoms with Crippen molar-refractivity contribution in [2.24, 2.45) is 0 Å². The van der Waals surface area contributed by atoms with Crippen molar-refractivity contribution in [2.45, 2.75) is 18.4 Å². The highest BCUT2D eigenvalue weighted by atomic mass is 32.2. The van der Waals surface area contributed by atoms with Crippen molar-refractivity contribution in [1.29, 1.82) is 0 Å². The number of hydrogen-bond acceptors (Lipinski definition) is 5. The summed E-state index contributed by atoms with van der Waals surface area (Å²) in [5.41, 5.74) is 5.73. The topological polar surface area (TPSA) is 82.3 Å². The van der Waals surface area contributed by atoms with Gasteiger partial charge in [0.2, 0.25) is 0 Å². The van der Waals surface area contributed by atoms with Gasteiger partial charge in [-0.15, -0.1) is 0 Å². The maximum Gasteiger partial charge on any atom is 0.199 e. The van der Waals surface area contributed by atoms with Gasteiger partial charge in [-0.1, -0.05) is 6.92 Å². The predicted octanol–water partition coefficient (Wildman–Crippen LogP) is 0.864. The molecule has 0 aliphatic rings. The van der Waals surface area contributed by atoms with Gasteiger partial charge in [-0.3, -0.25) is 0 Å². The first-order valence-electron chi connectivity index (χ1n) is 5.09. The van der Waals surface area contributed by atoms with Crippen LogP contribution in [0, 0.1) is 0 Å². The molecule has 0 aromatic carbocycles. The molecule has 0 bridgehead atoms. The predicted molar refractivity (Wildman–Crippen MR) is 61.8 cm³/mol. The van der Waals surface area contributed by atoms with Crippen molar-refractivity contribution in [1.82, 2.24) is 4.98 Å². The molecule has 0 spiro atoms. The zero-order valence-electron chi connectivity index (χ0n) is 9.22. The van der Waals surface area contributed by atoms with E-state index in [2.05, 4.69) is 4.98 Å². The number of sulfone groups is 1. The van der Waals surface area contributed by atoms with Crippen molar-refractivity contribution in [3.05, 3.63) is 18.3 Å². The van der Waals surface area contributed by atoms with Gasteiger partial charge in [0.05, 0.1) is 18.0 Å². The molecular formula is C10H16N2O3S. The lowest BCUT2D eigenvalue weighted by molar-refractivity contribution is 0.149. The summed E-state index contributed by atoms with van der Waals surface area (Å²) in [7, 11) is -3.43. The summed E-state index contributed by atoms with van der Waals surface area (Å²) in [5.74, 6) is -0.0891. The van der Waals surface area contributed by atoms with E-state index in [1.54, 1.807) is 6.07 Å². The maximum absolute atomic E-state index is 11.8. The average Bonchev–Trinajstić information content (AvgIpc) is 2.25. The normalized spacial score (nSPS) is 11.6. The van der Waals surface area contributed by atoms with Gasteiger partial charge in [0.15, 0.2) is 14.9 Å². The number of nitrogen functional groups attached to an aromatic ring is 1. The molecule has 5 nitrogen and oxygen atoms in total. The average molecular weight is 244 g/mol. The van der Waals surface area contributed by atoms with Crippen LogP contribution in [0.2, 0.25) is 0 Å². The van der Waals surface area contributed by atoms with Crippen LogP contribution in [-0.2, 0) is 14.6 Å². The number of hydrogen-bond donors (Lipinski definition) is 1.